The minimum absolute atomic E-state index is 0.106. The van der Waals surface area contributed by atoms with Crippen molar-refractivity contribution in [3.8, 4) is 0 Å². The molecule has 1 saturated carbocycles. The van der Waals surface area contributed by atoms with Crippen LogP contribution in [0.4, 0.5) is 11.7 Å². The van der Waals surface area contributed by atoms with Gasteiger partial charge in [0.25, 0.3) is 11.9 Å². The Morgan fingerprint density at radius 1 is 1.23 bits per heavy atom. The molecule has 0 radical (unpaired) electrons. The fraction of sp³-hybridized carbons (Fsp3) is 0.632. The minimum atomic E-state index is -3.99. The van der Waals surface area contributed by atoms with Crippen LogP contribution in [0.3, 0.4) is 0 Å². The molecule has 2 aromatic rings. The van der Waals surface area contributed by atoms with Crippen molar-refractivity contribution >= 4 is 27.8 Å². The second-order valence-corrected chi connectivity index (χ2v) is 9.76. The maximum atomic E-state index is 12.5. The van der Waals surface area contributed by atoms with E-state index in [0.717, 1.165) is 30.5 Å². The number of aromatic nitrogens is 3. The number of rotatable bonds is 7. The van der Waals surface area contributed by atoms with Gasteiger partial charge in [-0.3, -0.25) is 9.48 Å². The zero-order valence-corrected chi connectivity index (χ0v) is 18.5. The average molecular weight is 453 g/mol. The van der Waals surface area contributed by atoms with Crippen LogP contribution in [0.25, 0.3) is 0 Å². The Bertz CT molecular complexity index is 1020. The number of nitrogens with one attached hydrogen (secondary N) is 2. The summed E-state index contributed by atoms with van der Waals surface area (Å²) in [7, 11) is -3.99. The maximum absolute atomic E-state index is 12.5. The minimum Gasteiger partial charge on any atom is -0.431 e. The molecule has 0 aromatic carbocycles. The summed E-state index contributed by atoms with van der Waals surface area (Å²) >= 11 is 0. The maximum Gasteiger partial charge on any atom is 0.304 e. The van der Waals surface area contributed by atoms with Gasteiger partial charge in [0.2, 0.25) is 0 Å². The lowest BCUT2D eigenvalue weighted by Crippen LogP contribution is -2.44. The van der Waals surface area contributed by atoms with Gasteiger partial charge in [0, 0.05) is 37.9 Å². The van der Waals surface area contributed by atoms with E-state index < -0.39 is 16.1 Å². The smallest absolute Gasteiger partial charge is 0.304 e. The van der Waals surface area contributed by atoms with Crippen molar-refractivity contribution < 1.29 is 22.4 Å². The van der Waals surface area contributed by atoms with E-state index >= 15 is 0 Å². The van der Waals surface area contributed by atoms with Crippen LogP contribution in [0.15, 0.2) is 16.9 Å². The highest BCUT2D eigenvalue weighted by atomic mass is 32.2. The molecule has 1 aliphatic heterocycles. The molecular weight excluding hydrogens is 424 g/mol. The first-order chi connectivity index (χ1) is 14.8. The van der Waals surface area contributed by atoms with Gasteiger partial charge in [0.1, 0.15) is 6.26 Å². The molecule has 3 heterocycles. The third kappa shape index (κ3) is 4.91. The molecule has 1 amide bonds. The third-order valence-corrected chi connectivity index (χ3v) is 6.99. The summed E-state index contributed by atoms with van der Waals surface area (Å²) in [5, 5.41) is 7.78. The van der Waals surface area contributed by atoms with Crippen LogP contribution in [0.2, 0.25) is 0 Å². The van der Waals surface area contributed by atoms with Crippen molar-refractivity contribution in [3.63, 3.8) is 0 Å². The average Bonchev–Trinajstić information content (AvgIpc) is 3.19. The summed E-state index contributed by atoms with van der Waals surface area (Å²) in [6, 6.07) is 0.310. The lowest BCUT2D eigenvalue weighted by atomic mass is 9.82. The molecule has 31 heavy (non-hydrogen) atoms. The van der Waals surface area contributed by atoms with E-state index in [4.69, 9.17) is 9.15 Å². The molecule has 1 saturated heterocycles. The zero-order chi connectivity index (χ0) is 22.0. The Morgan fingerprint density at radius 2 is 2.03 bits per heavy atom. The summed E-state index contributed by atoms with van der Waals surface area (Å²) in [4.78, 5) is 16.6. The van der Waals surface area contributed by atoms with Gasteiger partial charge in [0.05, 0.1) is 18.0 Å². The van der Waals surface area contributed by atoms with Crippen molar-refractivity contribution in [2.24, 2.45) is 0 Å². The predicted molar refractivity (Wildman–Crippen MR) is 112 cm³/mol. The van der Waals surface area contributed by atoms with Crippen LogP contribution in [-0.2, 0) is 14.9 Å². The first kappa shape index (κ1) is 21.8. The highest BCUT2D eigenvalue weighted by Gasteiger charge is 2.28. The van der Waals surface area contributed by atoms with E-state index in [-0.39, 0.29) is 30.8 Å². The molecule has 170 valence electrons. The SMILES string of the molecule is CC(C)n1cc(Nc2nc(C(=O)NS(=O)(=O)N3CCCOCC3)co2)c(C2CCC2)n1. The van der Waals surface area contributed by atoms with Crippen molar-refractivity contribution in [2.75, 3.05) is 31.6 Å². The largest absolute Gasteiger partial charge is 0.431 e. The van der Waals surface area contributed by atoms with Gasteiger partial charge in [-0.15, -0.1) is 0 Å². The van der Waals surface area contributed by atoms with Gasteiger partial charge in [-0.2, -0.15) is 22.8 Å². The normalized spacial score (nSPS) is 18.5. The van der Waals surface area contributed by atoms with E-state index in [9.17, 15) is 13.2 Å². The molecule has 2 fully saturated rings. The number of hydrogen-bond acceptors (Lipinski definition) is 8. The quantitative estimate of drug-likeness (QED) is 0.653. The van der Waals surface area contributed by atoms with Gasteiger partial charge >= 0.3 is 10.2 Å². The topological polar surface area (TPSA) is 132 Å². The Morgan fingerprint density at radius 3 is 2.74 bits per heavy atom. The van der Waals surface area contributed by atoms with Gasteiger partial charge in [-0.05, 0) is 33.1 Å². The molecule has 11 nitrogen and oxygen atoms in total. The molecule has 2 aromatic heterocycles. The highest BCUT2D eigenvalue weighted by Crippen LogP contribution is 2.40. The highest BCUT2D eigenvalue weighted by molar-refractivity contribution is 7.87. The number of carbonyl (C=O) groups excluding carboxylic acids is 1. The third-order valence-electron chi connectivity index (χ3n) is 5.50. The summed E-state index contributed by atoms with van der Waals surface area (Å²) in [5.41, 5.74) is 1.61. The van der Waals surface area contributed by atoms with Crippen molar-refractivity contribution in [2.45, 2.75) is 51.5 Å². The molecule has 0 atom stereocenters. The van der Waals surface area contributed by atoms with Crippen molar-refractivity contribution in [1.82, 2.24) is 23.8 Å². The van der Waals surface area contributed by atoms with E-state index in [1.165, 1.54) is 10.7 Å². The van der Waals surface area contributed by atoms with Crippen LogP contribution < -0.4 is 10.0 Å². The molecule has 12 heteroatoms. The first-order valence-electron chi connectivity index (χ1n) is 10.5. The zero-order valence-electron chi connectivity index (χ0n) is 17.7. The molecule has 0 unspecified atom stereocenters. The van der Waals surface area contributed by atoms with Crippen LogP contribution in [0.5, 0.6) is 0 Å². The molecule has 2 N–H and O–H groups in total. The summed E-state index contributed by atoms with van der Waals surface area (Å²) < 4.78 is 40.8. The van der Waals surface area contributed by atoms with Crippen molar-refractivity contribution in [3.05, 3.63) is 23.8 Å². The second kappa shape index (κ2) is 8.97. The monoisotopic (exact) mass is 452 g/mol. The van der Waals surface area contributed by atoms with E-state index in [1.54, 1.807) is 0 Å². The van der Waals surface area contributed by atoms with Gasteiger partial charge in [-0.1, -0.05) is 6.42 Å². The molecule has 0 spiro atoms. The Kier molecular flexibility index (Phi) is 6.30. The van der Waals surface area contributed by atoms with Crippen LogP contribution >= 0.6 is 0 Å². The molecular formula is C19H28N6O5S. The number of carbonyl (C=O) groups is 1. The number of ether oxygens (including phenoxy) is 1. The van der Waals surface area contributed by atoms with E-state index in [0.29, 0.717) is 25.6 Å². The van der Waals surface area contributed by atoms with E-state index in [1.807, 2.05) is 24.7 Å². The Hall–Kier alpha value is -2.44. The molecule has 2 aliphatic rings. The Labute approximate surface area is 181 Å². The lowest BCUT2D eigenvalue weighted by molar-refractivity contribution is 0.0973. The molecule has 1 aliphatic carbocycles. The first-order valence-corrected chi connectivity index (χ1v) is 12.0. The number of anilines is 2. The fourth-order valence-electron chi connectivity index (χ4n) is 3.50. The number of oxazole rings is 1. The molecule has 4 rings (SSSR count). The van der Waals surface area contributed by atoms with Crippen LogP contribution in [0.1, 0.15) is 67.7 Å². The standard InChI is InChI=1S/C19H28N6O5S/c1-13(2)25-11-15(17(22-25)14-5-3-6-14)20-19-21-16(12-30-19)18(26)23-31(27,28)24-7-4-9-29-10-8-24/h11-14H,3-10H2,1-2H3,(H,20,21)(H,23,26). The second-order valence-electron chi connectivity index (χ2n) is 8.09. The predicted octanol–water partition coefficient (Wildman–Crippen LogP) is 2.16. The van der Waals surface area contributed by atoms with E-state index in [2.05, 4.69) is 20.1 Å². The van der Waals surface area contributed by atoms with Gasteiger partial charge < -0.3 is 14.5 Å². The summed E-state index contributed by atoms with van der Waals surface area (Å²) in [5.74, 6) is -0.456. The number of amides is 1. The molecule has 0 bridgehead atoms. The van der Waals surface area contributed by atoms with Crippen molar-refractivity contribution in [1.29, 1.82) is 0 Å². The summed E-state index contributed by atoms with van der Waals surface area (Å²) in [6.45, 7) is 5.36. The van der Waals surface area contributed by atoms with Crippen LogP contribution in [0, 0.1) is 0 Å². The number of hydrogen-bond donors (Lipinski definition) is 2. The lowest BCUT2D eigenvalue weighted by Gasteiger charge is -2.24. The Balaban J connectivity index is 1.45. The van der Waals surface area contributed by atoms with Crippen LogP contribution in [-0.4, -0.2) is 59.7 Å². The number of nitrogens with zero attached hydrogens (tertiary/aromatic N) is 4. The van der Waals surface area contributed by atoms with Gasteiger partial charge in [0.15, 0.2) is 5.69 Å². The van der Waals surface area contributed by atoms with Gasteiger partial charge in [-0.25, -0.2) is 4.72 Å². The summed E-state index contributed by atoms with van der Waals surface area (Å²) in [6.07, 6.45) is 6.95. The fourth-order valence-corrected chi connectivity index (χ4v) is 4.65.